The van der Waals surface area contributed by atoms with Crippen molar-refractivity contribution in [2.24, 2.45) is 0 Å². The first-order valence-corrected chi connectivity index (χ1v) is 7.13. The first kappa shape index (κ1) is 13.6. The van der Waals surface area contributed by atoms with E-state index in [-0.39, 0.29) is 10.6 Å². The standard InChI is InChI=1S/C12H15N3O3S/c1-9(11-5-3-4-6-12(11)16)15(2)19(17,18)10-7-13-14-8-10/h3-9,16H,1-2H3,(H,13,14). The van der Waals surface area contributed by atoms with Crippen LogP contribution in [0.4, 0.5) is 0 Å². The average Bonchev–Trinajstić information content (AvgIpc) is 2.92. The van der Waals surface area contributed by atoms with E-state index in [2.05, 4.69) is 10.2 Å². The van der Waals surface area contributed by atoms with Crippen molar-refractivity contribution in [1.82, 2.24) is 14.5 Å². The summed E-state index contributed by atoms with van der Waals surface area (Å²) in [5, 5.41) is 15.9. The van der Waals surface area contributed by atoms with Crippen molar-refractivity contribution >= 4 is 10.0 Å². The summed E-state index contributed by atoms with van der Waals surface area (Å²) in [5.74, 6) is 0.0734. The van der Waals surface area contributed by atoms with E-state index in [0.717, 1.165) is 0 Å². The van der Waals surface area contributed by atoms with E-state index in [0.29, 0.717) is 5.56 Å². The molecule has 102 valence electrons. The normalized spacial score (nSPS) is 13.6. The molecule has 1 unspecified atom stereocenters. The third kappa shape index (κ3) is 2.47. The number of benzene rings is 1. The van der Waals surface area contributed by atoms with Crippen molar-refractivity contribution in [2.45, 2.75) is 17.9 Å². The van der Waals surface area contributed by atoms with E-state index in [1.54, 1.807) is 25.1 Å². The minimum atomic E-state index is -3.63. The third-order valence-electron chi connectivity index (χ3n) is 3.08. The molecule has 0 aliphatic carbocycles. The van der Waals surface area contributed by atoms with Crippen LogP contribution in [0.1, 0.15) is 18.5 Å². The van der Waals surface area contributed by atoms with Crippen molar-refractivity contribution in [3.63, 3.8) is 0 Å². The summed E-state index contributed by atoms with van der Waals surface area (Å²) in [5.41, 5.74) is 0.553. The molecule has 0 saturated carbocycles. The fourth-order valence-corrected chi connectivity index (χ4v) is 3.04. The number of phenols is 1. The van der Waals surface area contributed by atoms with Gasteiger partial charge in [0.15, 0.2) is 0 Å². The molecule has 1 aromatic carbocycles. The first-order valence-electron chi connectivity index (χ1n) is 5.69. The lowest BCUT2D eigenvalue weighted by atomic mass is 10.1. The van der Waals surface area contributed by atoms with Crippen LogP contribution in [0.25, 0.3) is 0 Å². The molecule has 0 amide bonds. The number of H-pyrrole nitrogens is 1. The van der Waals surface area contributed by atoms with Gasteiger partial charge in [0.05, 0.1) is 12.2 Å². The molecule has 1 heterocycles. The van der Waals surface area contributed by atoms with Gasteiger partial charge in [-0.15, -0.1) is 0 Å². The Balaban J connectivity index is 2.35. The van der Waals surface area contributed by atoms with Gasteiger partial charge in [-0.1, -0.05) is 18.2 Å². The first-order chi connectivity index (χ1) is 8.94. The molecule has 0 fully saturated rings. The molecule has 2 N–H and O–H groups in total. The highest BCUT2D eigenvalue weighted by Crippen LogP contribution is 2.30. The van der Waals surface area contributed by atoms with Crippen molar-refractivity contribution < 1.29 is 13.5 Å². The van der Waals surface area contributed by atoms with Crippen molar-refractivity contribution in [3.05, 3.63) is 42.2 Å². The van der Waals surface area contributed by atoms with Gasteiger partial charge >= 0.3 is 0 Å². The Labute approximate surface area is 111 Å². The Morgan fingerprint density at radius 2 is 2.05 bits per heavy atom. The van der Waals surface area contributed by atoms with Gasteiger partial charge in [-0.2, -0.15) is 9.40 Å². The number of aromatic nitrogens is 2. The fraction of sp³-hybridized carbons (Fsp3) is 0.250. The van der Waals surface area contributed by atoms with Gasteiger partial charge in [-0.3, -0.25) is 5.10 Å². The smallest absolute Gasteiger partial charge is 0.246 e. The second kappa shape index (κ2) is 5.02. The lowest BCUT2D eigenvalue weighted by Crippen LogP contribution is -2.29. The van der Waals surface area contributed by atoms with Crippen LogP contribution in [0.15, 0.2) is 41.6 Å². The quantitative estimate of drug-likeness (QED) is 0.889. The Bertz CT molecular complexity index is 653. The van der Waals surface area contributed by atoms with Crippen LogP contribution < -0.4 is 0 Å². The van der Waals surface area contributed by atoms with Crippen molar-refractivity contribution in [2.75, 3.05) is 7.05 Å². The lowest BCUT2D eigenvalue weighted by Gasteiger charge is -2.24. The maximum absolute atomic E-state index is 12.3. The number of hydrogen-bond acceptors (Lipinski definition) is 4. The highest BCUT2D eigenvalue weighted by Gasteiger charge is 2.28. The molecule has 0 aliphatic rings. The average molecular weight is 281 g/mol. The van der Waals surface area contributed by atoms with E-state index < -0.39 is 16.1 Å². The van der Waals surface area contributed by atoms with E-state index in [1.165, 1.54) is 29.8 Å². The van der Waals surface area contributed by atoms with Gasteiger partial charge in [-0.05, 0) is 13.0 Å². The molecular weight excluding hydrogens is 266 g/mol. The number of sulfonamides is 1. The molecule has 6 nitrogen and oxygen atoms in total. The van der Waals surface area contributed by atoms with Gasteiger partial charge in [0.2, 0.25) is 10.0 Å². The summed E-state index contributed by atoms with van der Waals surface area (Å²) in [6.45, 7) is 1.71. The number of aromatic hydroxyl groups is 1. The van der Waals surface area contributed by atoms with E-state index in [1.807, 2.05) is 0 Å². The Morgan fingerprint density at radius 3 is 2.63 bits per heavy atom. The zero-order valence-electron chi connectivity index (χ0n) is 10.6. The molecular formula is C12H15N3O3S. The maximum atomic E-state index is 12.3. The van der Waals surface area contributed by atoms with Crippen LogP contribution in [-0.4, -0.2) is 35.1 Å². The predicted molar refractivity (Wildman–Crippen MR) is 70.1 cm³/mol. The van der Waals surface area contributed by atoms with Crippen LogP contribution in [-0.2, 0) is 10.0 Å². The van der Waals surface area contributed by atoms with Crippen LogP contribution in [0, 0.1) is 0 Å². The van der Waals surface area contributed by atoms with Crippen LogP contribution in [0.3, 0.4) is 0 Å². The Hall–Kier alpha value is -1.86. The van der Waals surface area contributed by atoms with Gasteiger partial charge in [0, 0.05) is 18.8 Å². The number of rotatable bonds is 4. The molecule has 2 rings (SSSR count). The van der Waals surface area contributed by atoms with Gasteiger partial charge in [0.25, 0.3) is 0 Å². The molecule has 0 aliphatic heterocycles. The van der Waals surface area contributed by atoms with Gasteiger partial charge in [0.1, 0.15) is 10.6 Å². The molecule has 0 saturated heterocycles. The zero-order chi connectivity index (χ0) is 14.0. The minimum absolute atomic E-state index is 0.0734. The van der Waals surface area contributed by atoms with E-state index >= 15 is 0 Å². The summed E-state index contributed by atoms with van der Waals surface area (Å²) in [6.07, 6.45) is 2.58. The highest BCUT2D eigenvalue weighted by molar-refractivity contribution is 7.89. The summed E-state index contributed by atoms with van der Waals surface area (Å²) >= 11 is 0. The molecule has 0 bridgehead atoms. The number of nitrogens with zero attached hydrogens (tertiary/aromatic N) is 2. The second-order valence-electron chi connectivity index (χ2n) is 4.19. The highest BCUT2D eigenvalue weighted by atomic mass is 32.2. The Kier molecular flexibility index (Phi) is 3.59. The zero-order valence-corrected chi connectivity index (χ0v) is 11.4. The molecule has 1 atom stereocenters. The van der Waals surface area contributed by atoms with Crippen LogP contribution >= 0.6 is 0 Å². The number of hydrogen-bond donors (Lipinski definition) is 2. The minimum Gasteiger partial charge on any atom is -0.508 e. The molecule has 19 heavy (non-hydrogen) atoms. The summed E-state index contributed by atoms with van der Waals surface area (Å²) < 4.78 is 25.8. The summed E-state index contributed by atoms with van der Waals surface area (Å²) in [7, 11) is -2.16. The van der Waals surface area contributed by atoms with Crippen LogP contribution in [0.5, 0.6) is 5.75 Å². The lowest BCUT2D eigenvalue weighted by molar-refractivity contribution is 0.381. The fourth-order valence-electron chi connectivity index (χ4n) is 1.79. The summed E-state index contributed by atoms with van der Waals surface area (Å²) in [4.78, 5) is 0.0947. The number of para-hydroxylation sites is 1. The predicted octanol–water partition coefficient (Wildman–Crippen LogP) is 1.50. The number of nitrogens with one attached hydrogen (secondary N) is 1. The largest absolute Gasteiger partial charge is 0.508 e. The van der Waals surface area contributed by atoms with E-state index in [4.69, 9.17) is 0 Å². The van der Waals surface area contributed by atoms with Gasteiger partial charge in [-0.25, -0.2) is 8.42 Å². The second-order valence-corrected chi connectivity index (χ2v) is 6.19. The van der Waals surface area contributed by atoms with Gasteiger partial charge < -0.3 is 5.11 Å². The maximum Gasteiger partial charge on any atom is 0.246 e. The molecule has 7 heteroatoms. The molecule has 2 aromatic rings. The third-order valence-corrected chi connectivity index (χ3v) is 4.98. The summed E-state index contributed by atoms with van der Waals surface area (Å²) in [6, 6.07) is 6.19. The molecule has 0 radical (unpaired) electrons. The van der Waals surface area contributed by atoms with E-state index in [9.17, 15) is 13.5 Å². The van der Waals surface area contributed by atoms with Crippen LogP contribution in [0.2, 0.25) is 0 Å². The van der Waals surface area contributed by atoms with Crippen molar-refractivity contribution in [3.8, 4) is 5.75 Å². The van der Waals surface area contributed by atoms with Crippen molar-refractivity contribution in [1.29, 1.82) is 0 Å². The molecule has 0 spiro atoms. The Morgan fingerprint density at radius 1 is 1.37 bits per heavy atom. The topological polar surface area (TPSA) is 86.3 Å². The molecule has 1 aromatic heterocycles. The SMILES string of the molecule is CC(c1ccccc1O)N(C)S(=O)(=O)c1cn[nH]c1. The number of aromatic amines is 1. The number of phenolic OH excluding ortho intramolecular Hbond substituents is 1. The monoisotopic (exact) mass is 281 g/mol.